The third kappa shape index (κ3) is 4.43. The fourth-order valence-electron chi connectivity index (χ4n) is 1.94. The van der Waals surface area contributed by atoms with Crippen LogP contribution in [0.2, 0.25) is 10.0 Å². The first kappa shape index (κ1) is 17.7. The van der Waals surface area contributed by atoms with Gasteiger partial charge >= 0.3 is 0 Å². The molecule has 4 nitrogen and oxygen atoms in total. The third-order valence-corrected chi connectivity index (χ3v) is 3.86. The molecule has 0 aromatic heterocycles. The van der Waals surface area contributed by atoms with E-state index in [2.05, 4.69) is 0 Å². The summed E-state index contributed by atoms with van der Waals surface area (Å²) in [7, 11) is 1.53. The molecule has 0 saturated heterocycles. The molecule has 24 heavy (non-hydrogen) atoms. The minimum atomic E-state index is 0.00981. The highest BCUT2D eigenvalue weighted by molar-refractivity contribution is 6.42. The average molecular weight is 359 g/mol. The van der Waals surface area contributed by atoms with Crippen molar-refractivity contribution in [3.8, 4) is 23.6 Å². The quantitative estimate of drug-likeness (QED) is 0.704. The van der Waals surface area contributed by atoms with Crippen molar-refractivity contribution in [1.82, 2.24) is 0 Å². The first-order chi connectivity index (χ1) is 11.6. The number of hydrogen-bond acceptors (Lipinski definition) is 4. The van der Waals surface area contributed by atoms with Gasteiger partial charge in [-0.1, -0.05) is 35.3 Å². The van der Waals surface area contributed by atoms with Gasteiger partial charge in [0.1, 0.15) is 24.3 Å². The van der Waals surface area contributed by atoms with Gasteiger partial charge in [-0.15, -0.1) is 0 Å². The molecule has 0 aliphatic rings. The highest BCUT2D eigenvalue weighted by Gasteiger charge is 2.07. The SMILES string of the molecule is COc1ccc(C=C(C#N)C#N)cc1OCc1ccc(Cl)c(Cl)c1. The standard InChI is InChI=1S/C18H12Cl2N2O2/c1-23-17-5-3-12(6-14(9-21)10-22)8-18(17)24-11-13-2-4-15(19)16(20)7-13/h2-8H,11H2,1H3. The van der Waals surface area contributed by atoms with Gasteiger partial charge in [-0.3, -0.25) is 0 Å². The molecule has 0 aliphatic carbocycles. The number of allylic oxidation sites excluding steroid dienone is 1. The first-order valence-corrected chi connectivity index (χ1v) is 7.59. The van der Waals surface area contributed by atoms with E-state index in [1.165, 1.54) is 13.2 Å². The number of methoxy groups -OCH3 is 1. The van der Waals surface area contributed by atoms with Crippen LogP contribution in [0, 0.1) is 22.7 Å². The number of benzene rings is 2. The molecule has 0 atom stereocenters. The second-order valence-electron chi connectivity index (χ2n) is 4.73. The Kier molecular flexibility index (Phi) is 6.09. The normalized spacial score (nSPS) is 9.54. The Bertz CT molecular complexity index is 848. The van der Waals surface area contributed by atoms with Crippen molar-refractivity contribution in [2.45, 2.75) is 6.61 Å². The summed E-state index contributed by atoms with van der Waals surface area (Å²) in [6, 6.07) is 14.0. The van der Waals surface area contributed by atoms with Gasteiger partial charge in [0.05, 0.1) is 17.2 Å². The van der Waals surface area contributed by atoms with Crippen LogP contribution in [0.25, 0.3) is 6.08 Å². The first-order valence-electron chi connectivity index (χ1n) is 6.84. The van der Waals surface area contributed by atoms with Gasteiger partial charge in [0, 0.05) is 0 Å². The van der Waals surface area contributed by atoms with E-state index in [4.69, 9.17) is 43.2 Å². The smallest absolute Gasteiger partial charge is 0.162 e. The van der Waals surface area contributed by atoms with Crippen LogP contribution in [-0.4, -0.2) is 7.11 Å². The minimum absolute atomic E-state index is 0.00981. The number of rotatable bonds is 5. The average Bonchev–Trinajstić information content (AvgIpc) is 2.60. The summed E-state index contributed by atoms with van der Waals surface area (Å²) in [5, 5.41) is 18.6. The lowest BCUT2D eigenvalue weighted by atomic mass is 10.1. The summed E-state index contributed by atoms with van der Waals surface area (Å²) >= 11 is 11.9. The molecule has 0 N–H and O–H groups in total. The second kappa shape index (κ2) is 8.26. The topological polar surface area (TPSA) is 66.0 Å². The predicted molar refractivity (Wildman–Crippen MR) is 93.0 cm³/mol. The molecule has 0 saturated carbocycles. The van der Waals surface area contributed by atoms with Crippen LogP contribution in [0.5, 0.6) is 11.5 Å². The highest BCUT2D eigenvalue weighted by atomic mass is 35.5. The van der Waals surface area contributed by atoms with E-state index in [-0.39, 0.29) is 12.2 Å². The molecule has 120 valence electrons. The zero-order valence-corrected chi connectivity index (χ0v) is 14.2. The fraction of sp³-hybridized carbons (Fsp3) is 0.111. The molecule has 2 rings (SSSR count). The lowest BCUT2D eigenvalue weighted by Crippen LogP contribution is -1.98. The van der Waals surface area contributed by atoms with E-state index < -0.39 is 0 Å². The van der Waals surface area contributed by atoms with Gasteiger partial charge in [-0.2, -0.15) is 10.5 Å². The zero-order valence-electron chi connectivity index (χ0n) is 12.7. The Morgan fingerprint density at radius 3 is 2.42 bits per heavy atom. The molecule has 0 unspecified atom stereocenters. The van der Waals surface area contributed by atoms with Gasteiger partial charge in [0.2, 0.25) is 0 Å². The van der Waals surface area contributed by atoms with E-state index >= 15 is 0 Å². The fourth-order valence-corrected chi connectivity index (χ4v) is 2.26. The Hall–Kier alpha value is -2.66. The van der Waals surface area contributed by atoms with Crippen LogP contribution in [0.3, 0.4) is 0 Å². The predicted octanol–water partition coefficient (Wildman–Crippen LogP) is 5.01. The van der Waals surface area contributed by atoms with E-state index in [1.807, 2.05) is 18.2 Å². The summed E-state index contributed by atoms with van der Waals surface area (Å²) in [6.07, 6.45) is 1.48. The lowest BCUT2D eigenvalue weighted by molar-refractivity contribution is 0.284. The van der Waals surface area contributed by atoms with Gasteiger partial charge in [0.25, 0.3) is 0 Å². The van der Waals surface area contributed by atoms with Crippen LogP contribution in [0.15, 0.2) is 42.0 Å². The van der Waals surface area contributed by atoms with Crippen LogP contribution in [-0.2, 0) is 6.61 Å². The summed E-state index contributed by atoms with van der Waals surface area (Å²) in [5.74, 6) is 1.04. The molecule has 6 heteroatoms. The summed E-state index contributed by atoms with van der Waals surface area (Å²) in [5.41, 5.74) is 1.52. The van der Waals surface area contributed by atoms with Gasteiger partial charge in [-0.25, -0.2) is 0 Å². The summed E-state index contributed by atoms with van der Waals surface area (Å²) in [6.45, 7) is 0.268. The lowest BCUT2D eigenvalue weighted by Gasteiger charge is -2.12. The Labute approximate surface area is 150 Å². The maximum Gasteiger partial charge on any atom is 0.162 e. The third-order valence-electron chi connectivity index (χ3n) is 3.12. The van der Waals surface area contributed by atoms with Crippen LogP contribution in [0.1, 0.15) is 11.1 Å². The Morgan fingerprint density at radius 2 is 1.79 bits per heavy atom. The van der Waals surface area contributed by atoms with E-state index in [1.54, 1.807) is 30.3 Å². The van der Waals surface area contributed by atoms with Crippen molar-refractivity contribution in [2.75, 3.05) is 7.11 Å². The molecule has 2 aromatic carbocycles. The molecule has 0 heterocycles. The Balaban J connectivity index is 2.25. The maximum absolute atomic E-state index is 8.84. The summed E-state index contributed by atoms with van der Waals surface area (Å²) in [4.78, 5) is 0. The van der Waals surface area contributed by atoms with Crippen LogP contribution in [0.4, 0.5) is 0 Å². The van der Waals surface area contributed by atoms with Gasteiger partial charge in [-0.05, 0) is 41.5 Å². The van der Waals surface area contributed by atoms with Crippen molar-refractivity contribution >= 4 is 29.3 Å². The van der Waals surface area contributed by atoms with E-state index in [9.17, 15) is 0 Å². The van der Waals surface area contributed by atoms with Crippen LogP contribution < -0.4 is 9.47 Å². The highest BCUT2D eigenvalue weighted by Crippen LogP contribution is 2.30. The molecule has 0 fully saturated rings. The molecule has 0 spiro atoms. The molecule has 0 bridgehead atoms. The number of nitriles is 2. The number of nitrogens with zero attached hydrogens (tertiary/aromatic N) is 2. The van der Waals surface area contributed by atoms with Crippen molar-refractivity contribution in [3.63, 3.8) is 0 Å². The monoisotopic (exact) mass is 358 g/mol. The Morgan fingerprint density at radius 1 is 1.04 bits per heavy atom. The molecular weight excluding hydrogens is 347 g/mol. The largest absolute Gasteiger partial charge is 0.493 e. The number of ether oxygens (including phenoxy) is 2. The summed E-state index contributed by atoms with van der Waals surface area (Å²) < 4.78 is 11.0. The van der Waals surface area contributed by atoms with Crippen LogP contribution >= 0.6 is 23.2 Å². The number of halogens is 2. The van der Waals surface area contributed by atoms with Crippen molar-refractivity contribution in [1.29, 1.82) is 10.5 Å². The minimum Gasteiger partial charge on any atom is -0.493 e. The van der Waals surface area contributed by atoms with Crippen molar-refractivity contribution < 1.29 is 9.47 Å². The molecule has 0 radical (unpaired) electrons. The van der Waals surface area contributed by atoms with Crippen molar-refractivity contribution in [3.05, 3.63) is 63.1 Å². The number of hydrogen-bond donors (Lipinski definition) is 0. The van der Waals surface area contributed by atoms with E-state index in [0.717, 1.165) is 5.56 Å². The second-order valence-corrected chi connectivity index (χ2v) is 5.54. The zero-order chi connectivity index (χ0) is 17.5. The molecular formula is C18H12Cl2N2O2. The molecule has 0 amide bonds. The van der Waals surface area contributed by atoms with E-state index in [0.29, 0.717) is 27.1 Å². The van der Waals surface area contributed by atoms with Gasteiger partial charge < -0.3 is 9.47 Å². The van der Waals surface area contributed by atoms with Crippen molar-refractivity contribution in [2.24, 2.45) is 0 Å². The maximum atomic E-state index is 8.84. The molecule has 2 aromatic rings. The van der Waals surface area contributed by atoms with Gasteiger partial charge in [0.15, 0.2) is 11.5 Å². The molecule has 0 aliphatic heterocycles.